The molecule has 1 aliphatic rings. The minimum absolute atomic E-state index is 0.0457. The first-order valence-corrected chi connectivity index (χ1v) is 9.58. The van der Waals surface area contributed by atoms with Crippen LogP contribution in [0.1, 0.15) is 35.7 Å². The lowest BCUT2D eigenvalue weighted by Crippen LogP contribution is -2.48. The minimum atomic E-state index is -1.42. The Morgan fingerprint density at radius 2 is 2.07 bits per heavy atom. The molecule has 1 fully saturated rings. The van der Waals surface area contributed by atoms with Crippen molar-refractivity contribution in [1.29, 1.82) is 0 Å². The van der Waals surface area contributed by atoms with Gasteiger partial charge in [-0.1, -0.05) is 12.0 Å². The topological polar surface area (TPSA) is 111 Å². The van der Waals surface area contributed by atoms with Gasteiger partial charge in [0.1, 0.15) is 11.6 Å². The molecule has 1 saturated heterocycles. The van der Waals surface area contributed by atoms with Gasteiger partial charge in [-0.05, 0) is 37.5 Å². The molecule has 1 atom stereocenters. The average Bonchev–Trinajstić information content (AvgIpc) is 2.71. The monoisotopic (exact) mass is 414 g/mol. The molecule has 2 aromatic rings. The summed E-state index contributed by atoms with van der Waals surface area (Å²) < 4.78 is 16.1. The number of anilines is 1. The van der Waals surface area contributed by atoms with Gasteiger partial charge in [-0.2, -0.15) is 0 Å². The van der Waals surface area contributed by atoms with Crippen LogP contribution in [0.25, 0.3) is 0 Å². The Morgan fingerprint density at radius 1 is 1.30 bits per heavy atom. The predicted molar refractivity (Wildman–Crippen MR) is 110 cm³/mol. The molecular weight excluding hydrogens is 391 g/mol. The van der Waals surface area contributed by atoms with Crippen LogP contribution in [-0.4, -0.2) is 39.3 Å². The second-order valence-electron chi connectivity index (χ2n) is 7.19. The Morgan fingerprint density at radius 3 is 2.73 bits per heavy atom. The van der Waals surface area contributed by atoms with E-state index >= 15 is 0 Å². The fourth-order valence-corrected chi connectivity index (χ4v) is 3.55. The van der Waals surface area contributed by atoms with Crippen molar-refractivity contribution in [3.8, 4) is 11.8 Å². The maximum Gasteiger partial charge on any atom is 0.338 e. The van der Waals surface area contributed by atoms with E-state index in [1.54, 1.807) is 6.92 Å². The quantitative estimate of drug-likeness (QED) is 0.702. The normalized spacial score (nSPS) is 16.1. The second kappa shape index (κ2) is 8.97. The van der Waals surface area contributed by atoms with Gasteiger partial charge in [0.15, 0.2) is 0 Å². The zero-order valence-corrected chi connectivity index (χ0v) is 16.6. The van der Waals surface area contributed by atoms with Crippen molar-refractivity contribution in [2.75, 3.05) is 18.0 Å². The average molecular weight is 414 g/mol. The van der Waals surface area contributed by atoms with E-state index in [4.69, 9.17) is 10.8 Å². The molecule has 0 spiro atoms. The van der Waals surface area contributed by atoms with Crippen LogP contribution in [0, 0.1) is 17.7 Å². The third-order valence-electron chi connectivity index (χ3n) is 5.05. The number of carboxylic acid groups (broad SMARTS) is 1. The van der Waals surface area contributed by atoms with E-state index in [-0.39, 0.29) is 19.1 Å². The van der Waals surface area contributed by atoms with Crippen LogP contribution < -0.4 is 21.9 Å². The van der Waals surface area contributed by atoms with Gasteiger partial charge in [0.25, 0.3) is 5.56 Å². The van der Waals surface area contributed by atoms with Gasteiger partial charge in [0, 0.05) is 25.2 Å². The van der Waals surface area contributed by atoms with Crippen molar-refractivity contribution < 1.29 is 14.3 Å². The fourth-order valence-electron chi connectivity index (χ4n) is 3.55. The summed E-state index contributed by atoms with van der Waals surface area (Å²) in [6.45, 7) is 2.78. The summed E-state index contributed by atoms with van der Waals surface area (Å²) >= 11 is 0. The summed E-state index contributed by atoms with van der Waals surface area (Å²) in [5.41, 5.74) is 4.76. The zero-order chi connectivity index (χ0) is 21.8. The van der Waals surface area contributed by atoms with E-state index in [1.165, 1.54) is 16.7 Å². The van der Waals surface area contributed by atoms with E-state index < -0.39 is 28.6 Å². The molecule has 0 aliphatic carbocycles. The van der Waals surface area contributed by atoms with Crippen LogP contribution in [0.4, 0.5) is 10.2 Å². The third-order valence-corrected chi connectivity index (χ3v) is 5.05. The highest BCUT2D eigenvalue weighted by Gasteiger charge is 2.22. The number of rotatable bonds is 5. The summed E-state index contributed by atoms with van der Waals surface area (Å²) in [5.74, 6) is 3.75. The van der Waals surface area contributed by atoms with Crippen molar-refractivity contribution in [1.82, 2.24) is 9.13 Å². The van der Waals surface area contributed by atoms with Crippen molar-refractivity contribution in [2.24, 2.45) is 5.73 Å². The molecule has 1 aliphatic heterocycles. The highest BCUT2D eigenvalue weighted by Crippen LogP contribution is 2.17. The van der Waals surface area contributed by atoms with Crippen molar-refractivity contribution in [3.05, 3.63) is 62.0 Å². The van der Waals surface area contributed by atoms with Crippen molar-refractivity contribution >= 4 is 11.8 Å². The molecule has 158 valence electrons. The van der Waals surface area contributed by atoms with Gasteiger partial charge < -0.3 is 15.7 Å². The number of nitrogens with zero attached hydrogens (tertiary/aromatic N) is 3. The van der Waals surface area contributed by atoms with Gasteiger partial charge in [0.2, 0.25) is 0 Å². The van der Waals surface area contributed by atoms with E-state index in [0.29, 0.717) is 24.5 Å². The highest BCUT2D eigenvalue weighted by atomic mass is 19.1. The first-order valence-electron chi connectivity index (χ1n) is 9.58. The largest absolute Gasteiger partial charge is 0.478 e. The van der Waals surface area contributed by atoms with E-state index in [1.807, 2.05) is 4.90 Å². The molecule has 1 aromatic carbocycles. The number of aromatic carboxylic acids is 1. The number of piperidine rings is 1. The standard InChI is InChI=1S/C21H23FN4O4/c1-2-3-9-25-18(24-8-4-5-15(23)13-24)11-19(27)26(21(25)30)12-14-6-7-17(22)16(10-14)20(28)29/h6-7,10-11,15H,4-5,8-9,12-13,23H2,1H3,(H,28,29)/t15-/m1/s1. The maximum atomic E-state index is 13.7. The van der Waals surface area contributed by atoms with Crippen molar-refractivity contribution in [2.45, 2.75) is 38.9 Å². The Hall–Kier alpha value is -3.38. The van der Waals surface area contributed by atoms with Gasteiger partial charge in [-0.25, -0.2) is 14.0 Å². The zero-order valence-electron chi connectivity index (χ0n) is 16.6. The molecule has 0 amide bonds. The summed E-state index contributed by atoms with van der Waals surface area (Å²) in [6, 6.07) is 4.81. The molecule has 1 aromatic heterocycles. The van der Waals surface area contributed by atoms with Crippen LogP contribution >= 0.6 is 0 Å². The molecule has 0 bridgehead atoms. The van der Waals surface area contributed by atoms with Gasteiger partial charge in [-0.3, -0.25) is 13.9 Å². The van der Waals surface area contributed by atoms with Crippen LogP contribution in [-0.2, 0) is 13.1 Å². The first kappa shape index (κ1) is 21.3. The Labute approximate surface area is 172 Å². The summed E-state index contributed by atoms with van der Waals surface area (Å²) in [6.07, 6.45) is 1.73. The molecule has 9 heteroatoms. The number of aromatic nitrogens is 2. The van der Waals surface area contributed by atoms with E-state index in [9.17, 15) is 18.8 Å². The molecule has 30 heavy (non-hydrogen) atoms. The fraction of sp³-hybridized carbons (Fsp3) is 0.381. The highest BCUT2D eigenvalue weighted by molar-refractivity contribution is 5.88. The van der Waals surface area contributed by atoms with Crippen LogP contribution in [0.2, 0.25) is 0 Å². The lowest BCUT2D eigenvalue weighted by atomic mass is 10.1. The number of hydrogen-bond acceptors (Lipinski definition) is 5. The van der Waals surface area contributed by atoms with E-state index in [0.717, 1.165) is 29.5 Å². The molecule has 0 unspecified atom stereocenters. The maximum absolute atomic E-state index is 13.7. The Bertz CT molecular complexity index is 1140. The lowest BCUT2D eigenvalue weighted by Gasteiger charge is -2.33. The van der Waals surface area contributed by atoms with Gasteiger partial charge in [-0.15, -0.1) is 5.92 Å². The number of carboxylic acids is 1. The number of carbonyl (C=O) groups is 1. The predicted octanol–water partition coefficient (Wildman–Crippen LogP) is 0.846. The molecule has 8 nitrogen and oxygen atoms in total. The Balaban J connectivity index is 2.07. The number of nitrogens with two attached hydrogens (primary N) is 1. The molecule has 0 saturated carbocycles. The summed E-state index contributed by atoms with van der Waals surface area (Å²) in [7, 11) is 0. The molecule has 2 heterocycles. The molecule has 3 N–H and O–H groups in total. The van der Waals surface area contributed by atoms with Gasteiger partial charge >= 0.3 is 11.7 Å². The molecule has 0 radical (unpaired) electrons. The van der Waals surface area contributed by atoms with Crippen LogP contribution in [0.15, 0.2) is 33.9 Å². The number of halogens is 1. The SMILES string of the molecule is CC#CCn1c(N2CCC[C@@H](N)C2)cc(=O)n(Cc2ccc(F)c(C(=O)O)c2)c1=O. The third kappa shape index (κ3) is 4.44. The van der Waals surface area contributed by atoms with E-state index in [2.05, 4.69) is 11.8 Å². The van der Waals surface area contributed by atoms with Crippen LogP contribution in [0.3, 0.4) is 0 Å². The van der Waals surface area contributed by atoms with Crippen molar-refractivity contribution in [3.63, 3.8) is 0 Å². The lowest BCUT2D eigenvalue weighted by molar-refractivity contribution is 0.0691. The second-order valence-corrected chi connectivity index (χ2v) is 7.19. The summed E-state index contributed by atoms with van der Waals surface area (Å²) in [5, 5.41) is 9.10. The molecular formula is C21H23FN4O4. The summed E-state index contributed by atoms with van der Waals surface area (Å²) in [4.78, 5) is 39.0. The number of hydrogen-bond donors (Lipinski definition) is 2. The van der Waals surface area contributed by atoms with Crippen LogP contribution in [0.5, 0.6) is 0 Å². The molecule has 3 rings (SSSR count). The Kier molecular flexibility index (Phi) is 6.37. The smallest absolute Gasteiger partial charge is 0.338 e. The van der Waals surface area contributed by atoms with Gasteiger partial charge in [0.05, 0.1) is 18.7 Å². The number of benzene rings is 1. The minimum Gasteiger partial charge on any atom is -0.478 e. The first-order chi connectivity index (χ1) is 14.3.